The Bertz CT molecular complexity index is 236. The highest BCUT2D eigenvalue weighted by Gasteiger charge is 2.54. The Morgan fingerprint density at radius 1 is 1.36 bits per heavy atom. The van der Waals surface area contributed by atoms with Gasteiger partial charge in [-0.25, -0.2) is 0 Å². The van der Waals surface area contributed by atoms with Gasteiger partial charge in [-0.15, -0.1) is 0 Å². The quantitative estimate of drug-likeness (QED) is 0.662. The predicted octanol–water partition coefficient (Wildman–Crippen LogP) is 2.44. The van der Waals surface area contributed by atoms with Crippen molar-refractivity contribution < 1.29 is 4.79 Å². The number of hydrogen-bond acceptors (Lipinski definition) is 1. The number of rotatable bonds is 2. The Balaban J connectivity index is 1.93. The molecule has 2 rings (SSSR count). The largest absolute Gasteiger partial charge is 0.349 e. The Kier molecular flexibility index (Phi) is 2.54. The minimum atomic E-state index is 0.328. The van der Waals surface area contributed by atoms with Gasteiger partial charge in [0.05, 0.1) is 0 Å². The minimum Gasteiger partial charge on any atom is -0.349 e. The van der Waals surface area contributed by atoms with E-state index in [4.69, 9.17) is 0 Å². The number of fused-ring (bicyclic) bond motifs is 1. The number of amides is 1. The first-order valence-corrected chi connectivity index (χ1v) is 5.84. The SMILES string of the molecule is CN(C)C(=O)CC12CCCCCC1C2. The van der Waals surface area contributed by atoms with E-state index in [1.807, 2.05) is 14.1 Å². The van der Waals surface area contributed by atoms with Crippen molar-refractivity contribution in [2.45, 2.75) is 44.9 Å². The number of hydrogen-bond donors (Lipinski definition) is 0. The molecule has 80 valence electrons. The Morgan fingerprint density at radius 3 is 2.86 bits per heavy atom. The summed E-state index contributed by atoms with van der Waals surface area (Å²) >= 11 is 0. The van der Waals surface area contributed by atoms with E-state index in [-0.39, 0.29) is 0 Å². The van der Waals surface area contributed by atoms with Crippen LogP contribution in [0.1, 0.15) is 44.9 Å². The maximum Gasteiger partial charge on any atom is 0.222 e. The van der Waals surface area contributed by atoms with Crippen molar-refractivity contribution in [1.82, 2.24) is 4.90 Å². The van der Waals surface area contributed by atoms with Crippen LogP contribution in [0.3, 0.4) is 0 Å². The van der Waals surface area contributed by atoms with Crippen LogP contribution in [0.2, 0.25) is 0 Å². The van der Waals surface area contributed by atoms with Crippen LogP contribution in [0.25, 0.3) is 0 Å². The van der Waals surface area contributed by atoms with Crippen LogP contribution in [0.15, 0.2) is 0 Å². The van der Waals surface area contributed by atoms with E-state index >= 15 is 0 Å². The van der Waals surface area contributed by atoms with E-state index in [1.54, 1.807) is 4.90 Å². The van der Waals surface area contributed by atoms with Crippen molar-refractivity contribution in [1.29, 1.82) is 0 Å². The van der Waals surface area contributed by atoms with Crippen LogP contribution in [0, 0.1) is 11.3 Å². The summed E-state index contributed by atoms with van der Waals surface area (Å²) in [5.41, 5.74) is 0.442. The van der Waals surface area contributed by atoms with E-state index in [0.717, 1.165) is 12.3 Å². The number of nitrogens with zero attached hydrogens (tertiary/aromatic N) is 1. The van der Waals surface area contributed by atoms with Crippen LogP contribution in [-0.2, 0) is 4.79 Å². The van der Waals surface area contributed by atoms with Gasteiger partial charge in [-0.3, -0.25) is 4.79 Å². The molecule has 1 amide bonds. The third-order valence-corrected chi connectivity index (χ3v) is 4.09. The van der Waals surface area contributed by atoms with Gasteiger partial charge in [-0.2, -0.15) is 0 Å². The normalized spacial score (nSPS) is 35.7. The fourth-order valence-corrected chi connectivity index (χ4v) is 2.95. The standard InChI is InChI=1S/C12H21NO/c1-13(2)11(14)9-12-7-5-3-4-6-10(12)8-12/h10H,3-9H2,1-2H3. The molecule has 14 heavy (non-hydrogen) atoms. The third kappa shape index (κ3) is 1.79. The molecule has 2 heteroatoms. The minimum absolute atomic E-state index is 0.328. The highest BCUT2D eigenvalue weighted by molar-refractivity contribution is 5.76. The molecule has 0 heterocycles. The van der Waals surface area contributed by atoms with E-state index in [1.165, 1.54) is 38.5 Å². The summed E-state index contributed by atoms with van der Waals surface area (Å²) in [4.78, 5) is 13.4. The number of carbonyl (C=O) groups is 1. The number of carbonyl (C=O) groups excluding carboxylic acids is 1. The van der Waals surface area contributed by atoms with Gasteiger partial charge in [-0.1, -0.05) is 19.3 Å². The van der Waals surface area contributed by atoms with E-state index < -0.39 is 0 Å². The highest BCUT2D eigenvalue weighted by atomic mass is 16.2. The first-order chi connectivity index (χ1) is 6.64. The van der Waals surface area contributed by atoms with Crippen LogP contribution in [0.4, 0.5) is 0 Å². The molecule has 0 aromatic heterocycles. The molecule has 2 aliphatic rings. The van der Waals surface area contributed by atoms with Gasteiger partial charge in [0, 0.05) is 20.5 Å². The van der Waals surface area contributed by atoms with Gasteiger partial charge >= 0.3 is 0 Å². The van der Waals surface area contributed by atoms with Crippen molar-refractivity contribution in [2.24, 2.45) is 11.3 Å². The summed E-state index contributed by atoms with van der Waals surface area (Å²) in [6.07, 6.45) is 8.93. The van der Waals surface area contributed by atoms with Crippen molar-refractivity contribution in [2.75, 3.05) is 14.1 Å². The molecular weight excluding hydrogens is 174 g/mol. The lowest BCUT2D eigenvalue weighted by Crippen LogP contribution is -2.25. The Labute approximate surface area is 86.7 Å². The molecular formula is C12H21NO. The van der Waals surface area contributed by atoms with E-state index in [2.05, 4.69) is 0 Å². The molecule has 0 N–H and O–H groups in total. The molecule has 2 nitrogen and oxygen atoms in total. The molecule has 2 atom stereocenters. The van der Waals surface area contributed by atoms with Crippen molar-refractivity contribution >= 4 is 5.91 Å². The van der Waals surface area contributed by atoms with Crippen molar-refractivity contribution in [3.63, 3.8) is 0 Å². The first kappa shape index (κ1) is 10.0. The maximum absolute atomic E-state index is 11.7. The molecule has 0 saturated heterocycles. The van der Waals surface area contributed by atoms with Gasteiger partial charge in [0.2, 0.25) is 5.91 Å². The van der Waals surface area contributed by atoms with Gasteiger partial charge in [0.1, 0.15) is 0 Å². The van der Waals surface area contributed by atoms with E-state index in [9.17, 15) is 4.79 Å². The second-order valence-corrected chi connectivity index (χ2v) is 5.33. The molecule has 2 fully saturated rings. The second-order valence-electron chi connectivity index (χ2n) is 5.33. The molecule has 2 aliphatic carbocycles. The molecule has 0 aromatic rings. The average Bonchev–Trinajstić information content (AvgIpc) is 2.77. The first-order valence-electron chi connectivity index (χ1n) is 5.84. The zero-order chi connectivity index (χ0) is 10.2. The third-order valence-electron chi connectivity index (χ3n) is 4.09. The zero-order valence-electron chi connectivity index (χ0n) is 9.38. The second kappa shape index (κ2) is 3.56. The zero-order valence-corrected chi connectivity index (χ0v) is 9.38. The van der Waals surface area contributed by atoms with Crippen LogP contribution >= 0.6 is 0 Å². The summed E-state index contributed by atoms with van der Waals surface area (Å²) in [6.45, 7) is 0. The lowest BCUT2D eigenvalue weighted by atomic mass is 9.93. The molecule has 2 unspecified atom stereocenters. The van der Waals surface area contributed by atoms with Crippen molar-refractivity contribution in [3.8, 4) is 0 Å². The molecule has 0 bridgehead atoms. The predicted molar refractivity (Wildman–Crippen MR) is 56.9 cm³/mol. The van der Waals surface area contributed by atoms with Gasteiger partial charge < -0.3 is 4.90 Å². The highest BCUT2D eigenvalue weighted by Crippen LogP contribution is 2.62. The molecule has 0 radical (unpaired) electrons. The summed E-state index contributed by atoms with van der Waals surface area (Å²) in [5.74, 6) is 1.21. The van der Waals surface area contributed by atoms with Crippen LogP contribution in [0.5, 0.6) is 0 Å². The van der Waals surface area contributed by atoms with Gasteiger partial charge in [0.15, 0.2) is 0 Å². The van der Waals surface area contributed by atoms with Crippen molar-refractivity contribution in [3.05, 3.63) is 0 Å². The summed E-state index contributed by atoms with van der Waals surface area (Å²) in [7, 11) is 3.74. The Morgan fingerprint density at radius 2 is 2.14 bits per heavy atom. The summed E-state index contributed by atoms with van der Waals surface area (Å²) in [6, 6.07) is 0. The lowest BCUT2D eigenvalue weighted by Gasteiger charge is -2.18. The van der Waals surface area contributed by atoms with E-state index in [0.29, 0.717) is 11.3 Å². The topological polar surface area (TPSA) is 20.3 Å². The monoisotopic (exact) mass is 195 g/mol. The maximum atomic E-state index is 11.7. The smallest absolute Gasteiger partial charge is 0.222 e. The molecule has 0 aliphatic heterocycles. The fourth-order valence-electron chi connectivity index (χ4n) is 2.95. The summed E-state index contributed by atoms with van der Waals surface area (Å²) in [5, 5.41) is 0. The lowest BCUT2D eigenvalue weighted by molar-refractivity contribution is -0.130. The van der Waals surface area contributed by atoms with Crippen LogP contribution < -0.4 is 0 Å². The Hall–Kier alpha value is -0.530. The summed E-state index contributed by atoms with van der Waals surface area (Å²) < 4.78 is 0. The van der Waals surface area contributed by atoms with Crippen LogP contribution in [-0.4, -0.2) is 24.9 Å². The average molecular weight is 195 g/mol. The fraction of sp³-hybridized carbons (Fsp3) is 0.917. The van der Waals surface area contributed by atoms with Gasteiger partial charge in [-0.05, 0) is 30.6 Å². The molecule has 0 aromatic carbocycles. The molecule has 0 spiro atoms. The van der Waals surface area contributed by atoms with Gasteiger partial charge in [0.25, 0.3) is 0 Å². The molecule has 2 saturated carbocycles.